The van der Waals surface area contributed by atoms with Crippen LogP contribution in [-0.2, 0) is 11.0 Å². The maximum atomic E-state index is 6.92. The van der Waals surface area contributed by atoms with Gasteiger partial charge in [0.15, 0.2) is 0 Å². The van der Waals surface area contributed by atoms with Gasteiger partial charge in [-0.2, -0.15) is 0 Å². The summed E-state index contributed by atoms with van der Waals surface area (Å²) < 4.78 is 7.90. The molecule has 0 aliphatic heterocycles. The molecular weight excluding hydrogens is 414 g/mol. The minimum absolute atomic E-state index is 0.0418. The first-order valence-electron chi connectivity index (χ1n) is 9.13. The highest BCUT2D eigenvalue weighted by Crippen LogP contribution is 2.37. The van der Waals surface area contributed by atoms with Gasteiger partial charge < -0.3 is 10.2 Å². The Morgan fingerprint density at radius 2 is 1.37 bits per heavy atom. The van der Waals surface area contributed by atoms with Crippen molar-refractivity contribution in [3.05, 3.63) is 88.9 Å². The van der Waals surface area contributed by atoms with Crippen molar-refractivity contribution in [3.8, 4) is 0 Å². The number of rotatable bonds is 5. The molecule has 0 spiro atoms. The van der Waals surface area contributed by atoms with Crippen molar-refractivity contribution >= 4 is 40.3 Å². The van der Waals surface area contributed by atoms with Crippen LogP contribution in [0.1, 0.15) is 26.3 Å². The summed E-state index contributed by atoms with van der Waals surface area (Å²) in [6, 6.07) is 27.3. The zero-order valence-electron chi connectivity index (χ0n) is 16.1. The highest BCUT2D eigenvalue weighted by molar-refractivity contribution is 9.10. The summed E-state index contributed by atoms with van der Waals surface area (Å²) >= 11 is 3.48. The Morgan fingerprint density at radius 1 is 0.852 bits per heavy atom. The van der Waals surface area contributed by atoms with Crippen LogP contribution >= 0.6 is 15.9 Å². The minimum Gasteiger partial charge on any atom is -0.403 e. The van der Waals surface area contributed by atoms with E-state index in [1.807, 2.05) is 18.2 Å². The lowest BCUT2D eigenvalue weighted by Crippen LogP contribution is -2.66. The van der Waals surface area contributed by atoms with E-state index in [0.717, 1.165) is 15.7 Å². The number of nitrogen functional groups attached to an aromatic ring is 1. The summed E-state index contributed by atoms with van der Waals surface area (Å²) in [5, 5.41) is 2.51. The predicted octanol–water partition coefficient (Wildman–Crippen LogP) is 5.11. The third kappa shape index (κ3) is 4.03. The fraction of sp³-hybridized carbons (Fsp3) is 0.217. The molecule has 3 aromatic rings. The minimum atomic E-state index is -2.54. The Kier molecular flexibility index (Phi) is 5.89. The second kappa shape index (κ2) is 8.01. The van der Waals surface area contributed by atoms with E-state index in [-0.39, 0.29) is 5.04 Å². The van der Waals surface area contributed by atoms with Crippen molar-refractivity contribution in [2.45, 2.75) is 32.4 Å². The van der Waals surface area contributed by atoms with E-state index in [1.165, 1.54) is 10.4 Å². The van der Waals surface area contributed by atoms with Crippen LogP contribution in [0.25, 0.3) is 0 Å². The van der Waals surface area contributed by atoms with Crippen LogP contribution in [0.2, 0.25) is 5.04 Å². The van der Waals surface area contributed by atoms with Crippen LogP contribution in [0.15, 0.2) is 83.3 Å². The maximum Gasteiger partial charge on any atom is 0.261 e. The van der Waals surface area contributed by atoms with E-state index in [1.54, 1.807) is 0 Å². The molecule has 0 aromatic heterocycles. The van der Waals surface area contributed by atoms with Gasteiger partial charge in [-0.1, -0.05) is 103 Å². The largest absolute Gasteiger partial charge is 0.403 e. The third-order valence-corrected chi connectivity index (χ3v) is 10.4. The molecule has 0 bridgehead atoms. The molecule has 27 heavy (non-hydrogen) atoms. The van der Waals surface area contributed by atoms with Crippen molar-refractivity contribution in [2.75, 3.05) is 5.73 Å². The molecule has 0 saturated heterocycles. The number of halogens is 1. The van der Waals surface area contributed by atoms with Gasteiger partial charge in [-0.15, -0.1) is 0 Å². The van der Waals surface area contributed by atoms with E-state index >= 15 is 0 Å². The Balaban J connectivity index is 2.12. The fourth-order valence-corrected chi connectivity index (χ4v) is 8.55. The fourth-order valence-electron chi connectivity index (χ4n) is 3.64. The molecule has 2 N–H and O–H groups in total. The van der Waals surface area contributed by atoms with Gasteiger partial charge in [0.2, 0.25) is 0 Å². The topological polar surface area (TPSA) is 35.2 Å². The second-order valence-corrected chi connectivity index (χ2v) is 13.0. The SMILES string of the molecule is CC(C)(C)[Si](OCc1ccc(Br)cc1N)(c1ccccc1)c1ccccc1. The number of benzene rings is 3. The van der Waals surface area contributed by atoms with Crippen molar-refractivity contribution in [2.24, 2.45) is 0 Å². The van der Waals surface area contributed by atoms with Gasteiger partial charge in [0.05, 0.1) is 6.61 Å². The first-order chi connectivity index (χ1) is 12.8. The number of anilines is 1. The van der Waals surface area contributed by atoms with E-state index in [9.17, 15) is 0 Å². The third-order valence-electron chi connectivity index (χ3n) is 4.97. The van der Waals surface area contributed by atoms with Crippen LogP contribution in [0.3, 0.4) is 0 Å². The Labute approximate surface area is 171 Å². The first kappa shape index (κ1) is 19.9. The van der Waals surface area contributed by atoms with Crippen LogP contribution in [0.5, 0.6) is 0 Å². The van der Waals surface area contributed by atoms with Crippen molar-refractivity contribution < 1.29 is 4.43 Å². The highest BCUT2D eigenvalue weighted by Gasteiger charge is 2.50. The molecule has 3 rings (SSSR count). The molecule has 2 nitrogen and oxygen atoms in total. The molecule has 0 atom stereocenters. The molecular formula is C23H26BrNOSi. The number of hydrogen-bond donors (Lipinski definition) is 1. The van der Waals surface area contributed by atoms with Gasteiger partial charge in [0, 0.05) is 10.2 Å². The predicted molar refractivity (Wildman–Crippen MR) is 121 cm³/mol. The quantitative estimate of drug-likeness (QED) is 0.442. The van der Waals surface area contributed by atoms with E-state index in [4.69, 9.17) is 10.2 Å². The van der Waals surface area contributed by atoms with Crippen molar-refractivity contribution in [3.63, 3.8) is 0 Å². The summed E-state index contributed by atoms with van der Waals surface area (Å²) in [5.41, 5.74) is 8.01. The molecule has 0 radical (unpaired) electrons. The average Bonchev–Trinajstić information content (AvgIpc) is 2.64. The van der Waals surface area contributed by atoms with Gasteiger partial charge in [0.1, 0.15) is 0 Å². The van der Waals surface area contributed by atoms with E-state index in [0.29, 0.717) is 6.61 Å². The van der Waals surface area contributed by atoms with Crippen LogP contribution < -0.4 is 16.1 Å². The summed E-state index contributed by atoms with van der Waals surface area (Å²) in [6.07, 6.45) is 0. The average molecular weight is 440 g/mol. The summed E-state index contributed by atoms with van der Waals surface area (Å²) in [4.78, 5) is 0. The van der Waals surface area contributed by atoms with Crippen LogP contribution in [-0.4, -0.2) is 8.32 Å². The van der Waals surface area contributed by atoms with Crippen molar-refractivity contribution in [1.29, 1.82) is 0 Å². The van der Waals surface area contributed by atoms with Gasteiger partial charge in [0.25, 0.3) is 8.32 Å². The lowest BCUT2D eigenvalue weighted by atomic mass is 10.2. The molecule has 0 unspecified atom stereocenters. The Bertz CT molecular complexity index is 852. The molecule has 0 amide bonds. The molecule has 0 heterocycles. The van der Waals surface area contributed by atoms with Crippen LogP contribution in [0.4, 0.5) is 5.69 Å². The first-order valence-corrected chi connectivity index (χ1v) is 11.8. The molecule has 0 saturated carbocycles. The summed E-state index contributed by atoms with van der Waals surface area (Å²) in [7, 11) is -2.54. The maximum absolute atomic E-state index is 6.92. The lowest BCUT2D eigenvalue weighted by molar-refractivity contribution is 0.287. The summed E-state index contributed by atoms with van der Waals surface area (Å²) in [6.45, 7) is 7.34. The monoisotopic (exact) mass is 439 g/mol. The van der Waals surface area contributed by atoms with E-state index in [2.05, 4.69) is 97.4 Å². The standard InChI is InChI=1S/C23H26BrNOSi/c1-23(2,3)27(20-10-6-4-7-11-20,21-12-8-5-9-13-21)26-17-18-14-15-19(24)16-22(18)25/h4-16H,17,25H2,1-3H3. The molecule has 3 aromatic carbocycles. The normalized spacial score (nSPS) is 12.1. The number of nitrogens with two attached hydrogens (primary N) is 1. The number of hydrogen-bond acceptors (Lipinski definition) is 2. The Morgan fingerprint density at radius 3 is 1.81 bits per heavy atom. The molecule has 4 heteroatoms. The molecule has 0 fully saturated rings. The van der Waals surface area contributed by atoms with Gasteiger partial charge in [-0.3, -0.25) is 0 Å². The Hall–Kier alpha value is -1.88. The van der Waals surface area contributed by atoms with Gasteiger partial charge >= 0.3 is 0 Å². The summed E-state index contributed by atoms with van der Waals surface area (Å²) in [5.74, 6) is 0. The van der Waals surface area contributed by atoms with Crippen LogP contribution in [0, 0.1) is 0 Å². The molecule has 0 aliphatic rings. The zero-order valence-corrected chi connectivity index (χ0v) is 18.7. The smallest absolute Gasteiger partial charge is 0.261 e. The van der Waals surface area contributed by atoms with E-state index < -0.39 is 8.32 Å². The van der Waals surface area contributed by atoms with Gasteiger partial charge in [-0.05, 0) is 33.1 Å². The van der Waals surface area contributed by atoms with Crippen molar-refractivity contribution in [1.82, 2.24) is 0 Å². The zero-order chi connectivity index (χ0) is 19.5. The second-order valence-electron chi connectivity index (χ2n) is 7.80. The molecule has 0 aliphatic carbocycles. The van der Waals surface area contributed by atoms with Gasteiger partial charge in [-0.25, -0.2) is 0 Å². The molecule has 140 valence electrons. The highest BCUT2D eigenvalue weighted by atomic mass is 79.9. The lowest BCUT2D eigenvalue weighted by Gasteiger charge is -2.43.